The molecule has 2 heterocycles. The number of halogens is 2. The third kappa shape index (κ3) is 1.76. The maximum Gasteiger partial charge on any atom is 0.214 e. The molecule has 1 aromatic heterocycles. The monoisotopic (exact) mass is 226 g/mol. The van der Waals surface area contributed by atoms with Gasteiger partial charge in [-0.05, 0) is 18.3 Å². The summed E-state index contributed by atoms with van der Waals surface area (Å²) < 4.78 is -1.07. The van der Waals surface area contributed by atoms with Crippen LogP contribution in [0.1, 0.15) is 5.56 Å². The summed E-state index contributed by atoms with van der Waals surface area (Å²) in [5, 5.41) is 2.86. The van der Waals surface area contributed by atoms with Crippen molar-refractivity contribution >= 4 is 28.8 Å². The molecule has 0 spiro atoms. The molecule has 14 heavy (non-hydrogen) atoms. The van der Waals surface area contributed by atoms with Crippen molar-refractivity contribution in [2.24, 2.45) is 0 Å². The number of nitrogens with one attached hydrogen (secondary N) is 1. The van der Waals surface area contributed by atoms with Crippen LogP contribution in [0, 0.1) is 0 Å². The Bertz CT molecular complexity index is 382. The highest BCUT2D eigenvalue weighted by atomic mass is 35.5. The summed E-state index contributed by atoms with van der Waals surface area (Å²) in [6.45, 7) is 0. The lowest BCUT2D eigenvalue weighted by Crippen LogP contribution is -2.32. The van der Waals surface area contributed by atoms with Crippen molar-refractivity contribution in [3.8, 4) is 0 Å². The SMILES string of the molecule is ClC1(Cl)NC=CC=C1c1cccnc1. The molecule has 0 unspecified atom stereocenters. The molecule has 0 aromatic carbocycles. The van der Waals surface area contributed by atoms with E-state index in [1.807, 2.05) is 24.3 Å². The zero-order chi connectivity index (χ0) is 10.0. The molecule has 0 bridgehead atoms. The largest absolute Gasteiger partial charge is 0.357 e. The Morgan fingerprint density at radius 3 is 2.86 bits per heavy atom. The number of pyridine rings is 1. The molecule has 1 aliphatic rings. The van der Waals surface area contributed by atoms with Crippen molar-refractivity contribution in [1.82, 2.24) is 10.3 Å². The Hall–Kier alpha value is -0.990. The molecule has 0 atom stereocenters. The van der Waals surface area contributed by atoms with Gasteiger partial charge in [-0.15, -0.1) is 0 Å². The first-order valence-electron chi connectivity index (χ1n) is 4.13. The Morgan fingerprint density at radius 1 is 1.36 bits per heavy atom. The van der Waals surface area contributed by atoms with Crippen molar-refractivity contribution < 1.29 is 0 Å². The molecule has 0 radical (unpaired) electrons. The summed E-state index contributed by atoms with van der Waals surface area (Å²) in [5.41, 5.74) is 1.71. The number of dihydropyridines is 1. The summed E-state index contributed by atoms with van der Waals surface area (Å²) in [5.74, 6) is 0. The molecule has 1 aliphatic heterocycles. The number of hydrogen-bond acceptors (Lipinski definition) is 2. The first-order valence-corrected chi connectivity index (χ1v) is 4.89. The highest BCUT2D eigenvalue weighted by Crippen LogP contribution is 2.35. The van der Waals surface area contributed by atoms with Gasteiger partial charge in [-0.3, -0.25) is 4.98 Å². The molecule has 0 fully saturated rings. The number of aromatic nitrogens is 1. The first-order chi connectivity index (χ1) is 6.70. The van der Waals surface area contributed by atoms with E-state index in [4.69, 9.17) is 23.2 Å². The van der Waals surface area contributed by atoms with Gasteiger partial charge in [0.05, 0.1) is 0 Å². The summed E-state index contributed by atoms with van der Waals surface area (Å²) in [7, 11) is 0. The van der Waals surface area contributed by atoms with Gasteiger partial charge in [-0.1, -0.05) is 35.3 Å². The molecule has 0 saturated carbocycles. The van der Waals surface area contributed by atoms with Crippen molar-refractivity contribution in [3.63, 3.8) is 0 Å². The second-order valence-corrected chi connectivity index (χ2v) is 4.23. The zero-order valence-corrected chi connectivity index (χ0v) is 8.76. The minimum absolute atomic E-state index is 0.802. The highest BCUT2D eigenvalue weighted by Gasteiger charge is 2.29. The summed E-state index contributed by atoms with van der Waals surface area (Å²) in [4.78, 5) is 4.02. The molecular weight excluding hydrogens is 219 g/mol. The lowest BCUT2D eigenvalue weighted by atomic mass is 10.1. The van der Waals surface area contributed by atoms with E-state index in [1.165, 1.54) is 0 Å². The molecular formula is C10H8Cl2N2. The fourth-order valence-corrected chi connectivity index (χ4v) is 1.75. The van der Waals surface area contributed by atoms with E-state index in [2.05, 4.69) is 10.3 Å². The third-order valence-corrected chi connectivity index (χ3v) is 2.56. The Kier molecular flexibility index (Phi) is 2.48. The summed E-state index contributed by atoms with van der Waals surface area (Å²) in [6, 6.07) is 3.76. The number of allylic oxidation sites excluding steroid dienone is 2. The quantitative estimate of drug-likeness (QED) is 0.589. The average molecular weight is 227 g/mol. The highest BCUT2D eigenvalue weighted by molar-refractivity contribution is 6.54. The summed E-state index contributed by atoms with van der Waals surface area (Å²) >= 11 is 12.2. The molecule has 4 heteroatoms. The second kappa shape index (κ2) is 3.64. The van der Waals surface area contributed by atoms with Gasteiger partial charge in [0, 0.05) is 23.5 Å². The van der Waals surface area contributed by atoms with Crippen molar-refractivity contribution in [3.05, 3.63) is 48.4 Å². The van der Waals surface area contributed by atoms with Gasteiger partial charge >= 0.3 is 0 Å². The standard InChI is InChI=1S/C10H8Cl2N2/c11-10(12)9(4-2-6-14-10)8-3-1-5-13-7-8/h1-7,14H. The van der Waals surface area contributed by atoms with E-state index in [0.717, 1.165) is 11.1 Å². The van der Waals surface area contributed by atoms with Crippen LogP contribution in [0.4, 0.5) is 0 Å². The zero-order valence-electron chi connectivity index (χ0n) is 7.24. The van der Waals surface area contributed by atoms with Crippen LogP contribution in [0.5, 0.6) is 0 Å². The smallest absolute Gasteiger partial charge is 0.214 e. The second-order valence-electron chi connectivity index (χ2n) is 2.90. The van der Waals surface area contributed by atoms with Gasteiger partial charge in [0.2, 0.25) is 4.46 Å². The van der Waals surface area contributed by atoms with Crippen LogP contribution in [0.15, 0.2) is 42.9 Å². The maximum atomic E-state index is 6.08. The molecule has 2 rings (SSSR count). The van der Waals surface area contributed by atoms with Gasteiger partial charge < -0.3 is 5.32 Å². The van der Waals surface area contributed by atoms with Crippen molar-refractivity contribution in [1.29, 1.82) is 0 Å². The lowest BCUT2D eigenvalue weighted by Gasteiger charge is -2.25. The Morgan fingerprint density at radius 2 is 2.21 bits per heavy atom. The van der Waals surface area contributed by atoms with Crippen LogP contribution in [0.25, 0.3) is 5.57 Å². The first kappa shape index (κ1) is 9.56. The fraction of sp³-hybridized carbons (Fsp3) is 0.100. The van der Waals surface area contributed by atoms with Gasteiger partial charge in [0.25, 0.3) is 0 Å². The Balaban J connectivity index is 2.43. The fourth-order valence-electron chi connectivity index (χ4n) is 1.28. The van der Waals surface area contributed by atoms with Gasteiger partial charge in [0.15, 0.2) is 0 Å². The van der Waals surface area contributed by atoms with Gasteiger partial charge in [-0.25, -0.2) is 0 Å². The molecule has 1 N–H and O–H groups in total. The van der Waals surface area contributed by atoms with Gasteiger partial charge in [0.1, 0.15) is 0 Å². The topological polar surface area (TPSA) is 24.9 Å². The van der Waals surface area contributed by atoms with Crippen molar-refractivity contribution in [2.45, 2.75) is 4.46 Å². The minimum atomic E-state index is -1.07. The van der Waals surface area contributed by atoms with Crippen LogP contribution in [0.3, 0.4) is 0 Å². The van der Waals surface area contributed by atoms with Crippen LogP contribution in [-0.2, 0) is 0 Å². The lowest BCUT2D eigenvalue weighted by molar-refractivity contribution is 0.848. The predicted molar refractivity (Wildman–Crippen MR) is 58.9 cm³/mol. The van der Waals surface area contributed by atoms with Crippen molar-refractivity contribution in [2.75, 3.05) is 0 Å². The third-order valence-electron chi connectivity index (χ3n) is 1.93. The van der Waals surface area contributed by atoms with Crippen LogP contribution in [0.2, 0.25) is 0 Å². The van der Waals surface area contributed by atoms with Gasteiger partial charge in [-0.2, -0.15) is 0 Å². The van der Waals surface area contributed by atoms with E-state index in [-0.39, 0.29) is 0 Å². The van der Waals surface area contributed by atoms with E-state index in [1.54, 1.807) is 18.6 Å². The summed E-state index contributed by atoms with van der Waals surface area (Å²) in [6.07, 6.45) is 8.87. The maximum absolute atomic E-state index is 6.08. The van der Waals surface area contributed by atoms with Crippen LogP contribution < -0.4 is 5.32 Å². The van der Waals surface area contributed by atoms with E-state index < -0.39 is 4.46 Å². The molecule has 0 aliphatic carbocycles. The molecule has 1 aromatic rings. The number of hydrogen-bond donors (Lipinski definition) is 1. The van der Waals surface area contributed by atoms with E-state index >= 15 is 0 Å². The molecule has 0 amide bonds. The number of alkyl halides is 2. The molecule has 2 nitrogen and oxygen atoms in total. The number of rotatable bonds is 1. The molecule has 0 saturated heterocycles. The van der Waals surface area contributed by atoms with Crippen LogP contribution in [-0.4, -0.2) is 9.44 Å². The molecule has 72 valence electrons. The Labute approximate surface area is 92.2 Å². The van der Waals surface area contributed by atoms with Crippen LogP contribution >= 0.6 is 23.2 Å². The van der Waals surface area contributed by atoms with E-state index in [9.17, 15) is 0 Å². The predicted octanol–water partition coefficient (Wildman–Crippen LogP) is 2.71. The normalized spacial score (nSPS) is 18.6. The minimum Gasteiger partial charge on any atom is -0.357 e. The number of nitrogens with zero attached hydrogens (tertiary/aromatic N) is 1. The van der Waals surface area contributed by atoms with E-state index in [0.29, 0.717) is 0 Å². The average Bonchev–Trinajstić information content (AvgIpc) is 2.18.